The van der Waals surface area contributed by atoms with Gasteiger partial charge in [-0.25, -0.2) is 4.68 Å². The number of amides is 1. The van der Waals surface area contributed by atoms with E-state index in [1.807, 2.05) is 42.2 Å². The van der Waals surface area contributed by atoms with Crippen LogP contribution < -0.4 is 5.32 Å². The molecule has 1 aromatic carbocycles. The number of hydrogen-bond donors (Lipinski definition) is 1. The van der Waals surface area contributed by atoms with Crippen molar-refractivity contribution in [1.29, 1.82) is 0 Å². The van der Waals surface area contributed by atoms with E-state index < -0.39 is 0 Å². The lowest BCUT2D eigenvalue weighted by atomic mass is 9.92. The second-order valence-corrected chi connectivity index (χ2v) is 7.86. The van der Waals surface area contributed by atoms with Crippen molar-refractivity contribution in [3.63, 3.8) is 0 Å². The van der Waals surface area contributed by atoms with Crippen molar-refractivity contribution in [2.45, 2.75) is 19.8 Å². The number of carbonyl (C=O) groups excluding carboxylic acids is 1. The molecule has 7 heteroatoms. The Morgan fingerprint density at radius 1 is 1.14 bits per heavy atom. The molecule has 7 nitrogen and oxygen atoms in total. The van der Waals surface area contributed by atoms with Crippen LogP contribution in [0.2, 0.25) is 0 Å². The number of benzene rings is 1. The SMILES string of the molecule is Cc1c(C(=O)N2CC[C@@H]3CNC[C@@H]3CC2)nnn1-c1ccc2ncccc2c1. The lowest BCUT2D eigenvalue weighted by Gasteiger charge is -2.20. The smallest absolute Gasteiger partial charge is 0.276 e. The monoisotopic (exact) mass is 376 g/mol. The summed E-state index contributed by atoms with van der Waals surface area (Å²) >= 11 is 0. The maximum atomic E-state index is 13.1. The third-order valence-electron chi connectivity index (χ3n) is 6.23. The minimum Gasteiger partial charge on any atom is -0.337 e. The van der Waals surface area contributed by atoms with Crippen LogP contribution >= 0.6 is 0 Å². The van der Waals surface area contributed by atoms with E-state index in [4.69, 9.17) is 0 Å². The van der Waals surface area contributed by atoms with Gasteiger partial charge in [-0.3, -0.25) is 9.78 Å². The van der Waals surface area contributed by atoms with Crippen LogP contribution in [0.25, 0.3) is 16.6 Å². The third kappa shape index (κ3) is 2.96. The largest absolute Gasteiger partial charge is 0.337 e. The first-order valence-corrected chi connectivity index (χ1v) is 9.98. The van der Waals surface area contributed by atoms with Crippen LogP contribution in [0.1, 0.15) is 29.0 Å². The topological polar surface area (TPSA) is 75.9 Å². The van der Waals surface area contributed by atoms with Gasteiger partial charge < -0.3 is 10.2 Å². The average molecular weight is 376 g/mol. The Balaban J connectivity index is 1.40. The summed E-state index contributed by atoms with van der Waals surface area (Å²) in [4.78, 5) is 19.5. The molecule has 2 fully saturated rings. The van der Waals surface area contributed by atoms with Crippen LogP contribution in [0.15, 0.2) is 36.5 Å². The number of nitrogens with one attached hydrogen (secondary N) is 1. The number of likely N-dealkylation sites (tertiary alicyclic amines) is 1. The molecule has 0 bridgehead atoms. The molecule has 3 aromatic rings. The van der Waals surface area contributed by atoms with E-state index in [-0.39, 0.29) is 5.91 Å². The zero-order chi connectivity index (χ0) is 19.1. The van der Waals surface area contributed by atoms with Gasteiger partial charge in [0, 0.05) is 24.7 Å². The first-order valence-electron chi connectivity index (χ1n) is 9.98. The predicted molar refractivity (Wildman–Crippen MR) is 106 cm³/mol. The molecule has 2 aromatic heterocycles. The fourth-order valence-electron chi connectivity index (χ4n) is 4.54. The van der Waals surface area contributed by atoms with Crippen LogP contribution in [0.4, 0.5) is 0 Å². The predicted octanol–water partition coefficient (Wildman–Crippen LogP) is 2.20. The highest BCUT2D eigenvalue weighted by atomic mass is 16.2. The summed E-state index contributed by atoms with van der Waals surface area (Å²) < 4.78 is 1.75. The van der Waals surface area contributed by atoms with E-state index in [0.29, 0.717) is 17.5 Å². The maximum absolute atomic E-state index is 13.1. The fourth-order valence-corrected chi connectivity index (χ4v) is 4.54. The summed E-state index contributed by atoms with van der Waals surface area (Å²) in [6.07, 6.45) is 3.91. The molecule has 0 aliphatic carbocycles. The number of carbonyl (C=O) groups is 1. The molecule has 4 heterocycles. The Morgan fingerprint density at radius 3 is 2.71 bits per heavy atom. The number of fused-ring (bicyclic) bond motifs is 2. The van der Waals surface area contributed by atoms with Gasteiger partial charge in [-0.15, -0.1) is 5.10 Å². The molecule has 28 heavy (non-hydrogen) atoms. The molecular formula is C21H24N6O. The molecule has 5 rings (SSSR count). The van der Waals surface area contributed by atoms with Crippen LogP contribution in [0.5, 0.6) is 0 Å². The molecule has 2 saturated heterocycles. The third-order valence-corrected chi connectivity index (χ3v) is 6.23. The highest BCUT2D eigenvalue weighted by Crippen LogP contribution is 2.28. The van der Waals surface area contributed by atoms with Crippen LogP contribution in [-0.4, -0.2) is 57.0 Å². The van der Waals surface area contributed by atoms with Gasteiger partial charge in [0.1, 0.15) is 0 Å². The van der Waals surface area contributed by atoms with Gasteiger partial charge in [-0.1, -0.05) is 11.3 Å². The molecular weight excluding hydrogens is 352 g/mol. The van der Waals surface area contributed by atoms with Gasteiger partial charge in [0.2, 0.25) is 0 Å². The Bertz CT molecular complexity index is 1010. The zero-order valence-corrected chi connectivity index (χ0v) is 16.0. The van der Waals surface area contributed by atoms with Crippen LogP contribution in [0.3, 0.4) is 0 Å². The van der Waals surface area contributed by atoms with E-state index in [0.717, 1.165) is 61.3 Å². The zero-order valence-electron chi connectivity index (χ0n) is 16.0. The van der Waals surface area contributed by atoms with Crippen LogP contribution in [-0.2, 0) is 0 Å². The molecule has 1 N–H and O–H groups in total. The van der Waals surface area contributed by atoms with E-state index >= 15 is 0 Å². The van der Waals surface area contributed by atoms with Gasteiger partial charge in [-0.2, -0.15) is 0 Å². The summed E-state index contributed by atoms with van der Waals surface area (Å²) in [5.74, 6) is 1.39. The van der Waals surface area contributed by atoms with Crippen molar-refractivity contribution in [3.05, 3.63) is 47.9 Å². The Morgan fingerprint density at radius 2 is 1.93 bits per heavy atom. The Kier molecular flexibility index (Phi) is 4.31. The maximum Gasteiger partial charge on any atom is 0.276 e. The van der Waals surface area contributed by atoms with E-state index in [1.165, 1.54) is 0 Å². The summed E-state index contributed by atoms with van der Waals surface area (Å²) in [6, 6.07) is 9.89. The molecule has 1 amide bonds. The first-order chi connectivity index (χ1) is 13.7. The van der Waals surface area contributed by atoms with Gasteiger partial charge in [0.25, 0.3) is 5.91 Å². The summed E-state index contributed by atoms with van der Waals surface area (Å²) in [7, 11) is 0. The molecule has 2 aliphatic heterocycles. The van der Waals surface area contributed by atoms with E-state index in [2.05, 4.69) is 20.6 Å². The Labute approximate surface area is 163 Å². The number of aromatic nitrogens is 4. The lowest BCUT2D eigenvalue weighted by molar-refractivity contribution is 0.0751. The minimum absolute atomic E-state index is 0.000798. The number of pyridine rings is 1. The quantitative estimate of drug-likeness (QED) is 0.742. The van der Waals surface area contributed by atoms with E-state index in [9.17, 15) is 4.79 Å². The van der Waals surface area contributed by atoms with Crippen molar-refractivity contribution in [2.75, 3.05) is 26.2 Å². The molecule has 0 saturated carbocycles. The molecule has 2 aliphatic rings. The average Bonchev–Trinajstić information content (AvgIpc) is 3.28. The Hall–Kier alpha value is -2.80. The van der Waals surface area contributed by atoms with Crippen LogP contribution in [0, 0.1) is 18.8 Å². The van der Waals surface area contributed by atoms with Crippen molar-refractivity contribution < 1.29 is 4.79 Å². The number of nitrogens with zero attached hydrogens (tertiary/aromatic N) is 5. The molecule has 0 radical (unpaired) electrons. The van der Waals surface area contributed by atoms with Crippen molar-refractivity contribution in [3.8, 4) is 5.69 Å². The van der Waals surface area contributed by atoms with Gasteiger partial charge in [0.05, 0.1) is 16.9 Å². The van der Waals surface area contributed by atoms with Crippen molar-refractivity contribution in [1.82, 2.24) is 30.2 Å². The lowest BCUT2D eigenvalue weighted by Crippen LogP contribution is -2.33. The van der Waals surface area contributed by atoms with Crippen molar-refractivity contribution in [2.24, 2.45) is 11.8 Å². The highest BCUT2D eigenvalue weighted by Gasteiger charge is 2.32. The number of hydrogen-bond acceptors (Lipinski definition) is 5. The normalized spacial score (nSPS) is 22.2. The van der Waals surface area contributed by atoms with Gasteiger partial charge >= 0.3 is 0 Å². The highest BCUT2D eigenvalue weighted by molar-refractivity contribution is 5.93. The molecule has 144 valence electrons. The fraction of sp³-hybridized carbons (Fsp3) is 0.429. The molecule has 2 atom stereocenters. The minimum atomic E-state index is -0.000798. The second kappa shape index (κ2) is 6.98. The number of rotatable bonds is 2. The van der Waals surface area contributed by atoms with Crippen molar-refractivity contribution >= 4 is 16.8 Å². The standard InChI is InChI=1S/C21H24N6O/c1-14-20(21(28)26-9-6-16-12-22-13-17(16)7-10-26)24-25-27(14)18-4-5-19-15(11-18)3-2-8-23-19/h2-5,8,11,16-17,22H,6-7,9-10,12-13H2,1H3/t16-,17+. The molecule has 0 unspecified atom stereocenters. The van der Waals surface area contributed by atoms with Gasteiger partial charge in [-0.05, 0) is 69.0 Å². The van der Waals surface area contributed by atoms with E-state index in [1.54, 1.807) is 10.9 Å². The first kappa shape index (κ1) is 17.3. The summed E-state index contributed by atoms with van der Waals surface area (Å²) in [5.41, 5.74) is 3.06. The molecule has 0 spiro atoms. The summed E-state index contributed by atoms with van der Waals surface area (Å²) in [5, 5.41) is 13.0. The second-order valence-electron chi connectivity index (χ2n) is 7.86. The summed E-state index contributed by atoms with van der Waals surface area (Å²) in [6.45, 7) is 5.68. The van der Waals surface area contributed by atoms with Gasteiger partial charge in [0.15, 0.2) is 5.69 Å².